The van der Waals surface area contributed by atoms with Crippen molar-refractivity contribution in [1.29, 1.82) is 0 Å². The van der Waals surface area contributed by atoms with Crippen LogP contribution in [0.25, 0.3) is 22.1 Å². The first kappa shape index (κ1) is 12.7. The van der Waals surface area contributed by atoms with E-state index < -0.39 is 0 Å². The smallest absolute Gasteiger partial charge is 0.104 e. The average Bonchev–Trinajstić information content (AvgIpc) is 3.04. The summed E-state index contributed by atoms with van der Waals surface area (Å²) in [5.74, 6) is 1.83. The lowest BCUT2D eigenvalue weighted by molar-refractivity contribution is 1.17. The van der Waals surface area contributed by atoms with E-state index in [1.165, 1.54) is 0 Å². The number of aryl methyl sites for hydroxylation is 2. The third-order valence-corrected chi connectivity index (χ3v) is 3.55. The van der Waals surface area contributed by atoms with Gasteiger partial charge in [-0.2, -0.15) is 0 Å². The summed E-state index contributed by atoms with van der Waals surface area (Å²) in [7, 11) is 0. The van der Waals surface area contributed by atoms with Crippen molar-refractivity contribution < 1.29 is 0 Å². The highest BCUT2D eigenvalue weighted by Crippen LogP contribution is 2.19. The lowest BCUT2D eigenvalue weighted by Gasteiger charge is -2.09. The van der Waals surface area contributed by atoms with Gasteiger partial charge in [-0.15, -0.1) is 0 Å². The summed E-state index contributed by atoms with van der Waals surface area (Å²) in [6, 6.07) is 12.0. The standard InChI is InChI=1S/C16H16N6/c1-9-17-13-5-3-11(7-15(13)19-9)21-22-12-4-6-14-16(8-12)20-10(2)18-14/h3-8,21-22H,1-2H3,(H,17,19)(H,18,20). The fourth-order valence-electron chi connectivity index (χ4n) is 2.57. The molecule has 4 N–H and O–H groups in total. The van der Waals surface area contributed by atoms with Gasteiger partial charge in [0.1, 0.15) is 11.6 Å². The first-order valence-electron chi connectivity index (χ1n) is 7.12. The maximum Gasteiger partial charge on any atom is 0.104 e. The van der Waals surface area contributed by atoms with Crippen LogP contribution in [0, 0.1) is 13.8 Å². The predicted molar refractivity (Wildman–Crippen MR) is 88.9 cm³/mol. The highest BCUT2D eigenvalue weighted by atomic mass is 15.4. The van der Waals surface area contributed by atoms with E-state index in [4.69, 9.17) is 0 Å². The molecule has 0 aliphatic carbocycles. The molecule has 2 heterocycles. The van der Waals surface area contributed by atoms with Crippen LogP contribution < -0.4 is 10.9 Å². The molecule has 6 heteroatoms. The molecule has 0 fully saturated rings. The Labute approximate surface area is 127 Å². The summed E-state index contributed by atoms with van der Waals surface area (Å²) < 4.78 is 0. The minimum absolute atomic E-state index is 0.917. The zero-order chi connectivity index (χ0) is 15.1. The molecule has 2 aromatic carbocycles. The molecule has 4 aromatic rings. The second-order valence-electron chi connectivity index (χ2n) is 5.36. The van der Waals surface area contributed by atoms with Crippen LogP contribution in [-0.4, -0.2) is 19.9 Å². The number of nitrogens with one attached hydrogen (secondary N) is 4. The van der Waals surface area contributed by atoms with E-state index in [9.17, 15) is 0 Å². The Morgan fingerprint density at radius 1 is 0.727 bits per heavy atom. The number of hydrazine groups is 1. The normalized spacial score (nSPS) is 11.2. The summed E-state index contributed by atoms with van der Waals surface area (Å²) in [4.78, 5) is 15.3. The van der Waals surface area contributed by atoms with E-state index >= 15 is 0 Å². The number of aromatic amines is 2. The Kier molecular flexibility index (Phi) is 2.75. The molecule has 0 saturated heterocycles. The van der Waals surface area contributed by atoms with Crippen molar-refractivity contribution in [3.8, 4) is 0 Å². The topological polar surface area (TPSA) is 81.4 Å². The molecular weight excluding hydrogens is 276 g/mol. The monoisotopic (exact) mass is 292 g/mol. The molecule has 4 rings (SSSR count). The maximum atomic E-state index is 4.39. The SMILES string of the molecule is Cc1nc2ccc(NNc3ccc4nc(C)[nH]c4c3)cc2[nH]1. The van der Waals surface area contributed by atoms with E-state index in [1.807, 2.05) is 50.2 Å². The first-order chi connectivity index (χ1) is 10.7. The van der Waals surface area contributed by atoms with Gasteiger partial charge in [-0.1, -0.05) is 0 Å². The van der Waals surface area contributed by atoms with E-state index in [0.29, 0.717) is 0 Å². The zero-order valence-corrected chi connectivity index (χ0v) is 12.4. The summed E-state index contributed by atoms with van der Waals surface area (Å²) in [6.45, 7) is 3.90. The Hall–Kier alpha value is -3.02. The maximum absolute atomic E-state index is 4.39. The average molecular weight is 292 g/mol. The summed E-state index contributed by atoms with van der Waals surface area (Å²) in [5.41, 5.74) is 12.3. The molecule has 0 spiro atoms. The molecule has 2 aromatic heterocycles. The van der Waals surface area contributed by atoms with Crippen molar-refractivity contribution in [1.82, 2.24) is 19.9 Å². The minimum Gasteiger partial charge on any atom is -0.342 e. The molecule has 110 valence electrons. The Balaban J connectivity index is 1.56. The van der Waals surface area contributed by atoms with Crippen LogP contribution in [0.2, 0.25) is 0 Å². The Bertz CT molecular complexity index is 885. The third-order valence-electron chi connectivity index (χ3n) is 3.55. The van der Waals surface area contributed by atoms with Crippen molar-refractivity contribution in [2.45, 2.75) is 13.8 Å². The number of hydrogen-bond acceptors (Lipinski definition) is 4. The quantitative estimate of drug-likeness (QED) is 0.436. The van der Waals surface area contributed by atoms with Crippen LogP contribution in [0.5, 0.6) is 0 Å². The number of aromatic nitrogens is 4. The Morgan fingerprint density at radius 2 is 1.18 bits per heavy atom. The summed E-state index contributed by atoms with van der Waals surface area (Å²) in [6.07, 6.45) is 0. The van der Waals surface area contributed by atoms with Gasteiger partial charge in [0.2, 0.25) is 0 Å². The molecule has 6 nitrogen and oxygen atoms in total. The van der Waals surface area contributed by atoms with E-state index in [-0.39, 0.29) is 0 Å². The molecule has 0 amide bonds. The predicted octanol–water partition coefficient (Wildman–Crippen LogP) is 3.50. The zero-order valence-electron chi connectivity index (χ0n) is 12.4. The number of anilines is 2. The van der Waals surface area contributed by atoms with Gasteiger partial charge in [-0.3, -0.25) is 0 Å². The summed E-state index contributed by atoms with van der Waals surface area (Å²) >= 11 is 0. The number of benzene rings is 2. The van der Waals surface area contributed by atoms with Crippen LogP contribution in [0.3, 0.4) is 0 Å². The van der Waals surface area contributed by atoms with Gasteiger partial charge in [-0.05, 0) is 50.2 Å². The number of fused-ring (bicyclic) bond motifs is 2. The highest BCUT2D eigenvalue weighted by Gasteiger charge is 2.02. The fourth-order valence-corrected chi connectivity index (χ4v) is 2.57. The van der Waals surface area contributed by atoms with Gasteiger partial charge >= 0.3 is 0 Å². The number of nitrogens with zero attached hydrogens (tertiary/aromatic N) is 2. The molecule has 0 saturated carbocycles. The van der Waals surface area contributed by atoms with Gasteiger partial charge in [0, 0.05) is 0 Å². The molecule has 0 bridgehead atoms. The van der Waals surface area contributed by atoms with Gasteiger partial charge in [0.05, 0.1) is 33.4 Å². The van der Waals surface area contributed by atoms with Crippen LogP contribution in [0.1, 0.15) is 11.6 Å². The molecular formula is C16H16N6. The van der Waals surface area contributed by atoms with Gasteiger partial charge in [0.15, 0.2) is 0 Å². The summed E-state index contributed by atoms with van der Waals surface area (Å²) in [5, 5.41) is 0. The molecule has 0 aliphatic heterocycles. The van der Waals surface area contributed by atoms with Gasteiger partial charge in [0.25, 0.3) is 0 Å². The molecule has 0 unspecified atom stereocenters. The Morgan fingerprint density at radius 3 is 1.64 bits per heavy atom. The van der Waals surface area contributed by atoms with Crippen molar-refractivity contribution in [3.05, 3.63) is 48.0 Å². The number of imidazole rings is 2. The lowest BCUT2D eigenvalue weighted by atomic mass is 10.3. The van der Waals surface area contributed by atoms with Crippen molar-refractivity contribution in [2.75, 3.05) is 10.9 Å². The number of H-pyrrole nitrogens is 2. The van der Waals surface area contributed by atoms with Gasteiger partial charge in [-0.25, -0.2) is 9.97 Å². The molecule has 22 heavy (non-hydrogen) atoms. The number of rotatable bonds is 3. The van der Waals surface area contributed by atoms with Crippen molar-refractivity contribution in [2.24, 2.45) is 0 Å². The van der Waals surface area contributed by atoms with E-state index in [2.05, 4.69) is 30.8 Å². The molecule has 0 atom stereocenters. The van der Waals surface area contributed by atoms with Crippen molar-refractivity contribution in [3.63, 3.8) is 0 Å². The van der Waals surface area contributed by atoms with Crippen LogP contribution >= 0.6 is 0 Å². The highest BCUT2D eigenvalue weighted by molar-refractivity contribution is 5.81. The molecule has 0 aliphatic rings. The van der Waals surface area contributed by atoms with E-state index in [0.717, 1.165) is 45.1 Å². The van der Waals surface area contributed by atoms with E-state index in [1.54, 1.807) is 0 Å². The second-order valence-corrected chi connectivity index (χ2v) is 5.36. The van der Waals surface area contributed by atoms with Crippen LogP contribution in [0.4, 0.5) is 11.4 Å². The second kappa shape index (κ2) is 4.77. The van der Waals surface area contributed by atoms with Gasteiger partial charge < -0.3 is 20.8 Å². The lowest BCUT2D eigenvalue weighted by Crippen LogP contribution is -2.08. The van der Waals surface area contributed by atoms with Crippen LogP contribution in [0.15, 0.2) is 36.4 Å². The van der Waals surface area contributed by atoms with Crippen LogP contribution in [-0.2, 0) is 0 Å². The van der Waals surface area contributed by atoms with Crippen molar-refractivity contribution >= 4 is 33.4 Å². The minimum atomic E-state index is 0.917. The first-order valence-corrected chi connectivity index (χ1v) is 7.12. The number of hydrogen-bond donors (Lipinski definition) is 4. The third kappa shape index (κ3) is 2.24. The molecule has 0 radical (unpaired) electrons. The largest absolute Gasteiger partial charge is 0.342 e. The fraction of sp³-hybridized carbons (Fsp3) is 0.125.